The maximum absolute atomic E-state index is 12.5. The Morgan fingerprint density at radius 3 is 2.50 bits per heavy atom. The van der Waals surface area contributed by atoms with Crippen molar-refractivity contribution in [1.82, 2.24) is 14.5 Å². The minimum Gasteiger partial charge on any atom is -0.491 e. The molecule has 46 heavy (non-hydrogen) atoms. The predicted octanol–water partition coefficient (Wildman–Crippen LogP) is 5.21. The molecule has 14 heteroatoms. The molecule has 1 amide bonds. The number of nitro benzene ring substituents is 1. The quantitative estimate of drug-likeness (QED) is 0.170. The van der Waals surface area contributed by atoms with Gasteiger partial charge in [0.05, 0.1) is 36.0 Å². The second-order valence-electron chi connectivity index (χ2n) is 11.1. The van der Waals surface area contributed by atoms with E-state index >= 15 is 0 Å². The molecule has 4 aromatic rings. The van der Waals surface area contributed by atoms with E-state index in [1.165, 1.54) is 24.3 Å². The Bertz CT molecular complexity index is 1650. The van der Waals surface area contributed by atoms with Crippen LogP contribution < -0.4 is 15.0 Å². The van der Waals surface area contributed by atoms with Crippen molar-refractivity contribution in [2.24, 2.45) is 0 Å². The molecule has 3 heterocycles. The van der Waals surface area contributed by atoms with Crippen LogP contribution in [0.5, 0.6) is 5.75 Å². The van der Waals surface area contributed by atoms with Crippen LogP contribution in [-0.2, 0) is 26.6 Å². The van der Waals surface area contributed by atoms with Crippen molar-refractivity contribution in [3.63, 3.8) is 0 Å². The highest BCUT2D eigenvalue weighted by molar-refractivity contribution is 6.35. The number of anilines is 2. The van der Waals surface area contributed by atoms with Crippen molar-refractivity contribution in [2.45, 2.75) is 18.4 Å². The number of aromatic nitrogens is 2. The van der Waals surface area contributed by atoms with Gasteiger partial charge in [-0.15, -0.1) is 0 Å². The van der Waals surface area contributed by atoms with Crippen LogP contribution >= 0.6 is 23.2 Å². The standard InChI is InChI=1S/C32H32Cl2N6O6/c33-23-1-10-29(30(34)17-23)32(21-38-12-11-35-22-38)45-20-28(46-32)19-44-27-8-6-25(7-9-27)39-15-13-37(14-16-39)18-31(41)36-24-2-4-26(5-3-24)40(42)43/h1-12,17,22,28H,13-16,18-21H2,(H,36,41). The molecule has 0 spiro atoms. The summed E-state index contributed by atoms with van der Waals surface area (Å²) in [5.41, 5.74) is 2.27. The highest BCUT2D eigenvalue weighted by Gasteiger charge is 2.45. The molecule has 2 atom stereocenters. The van der Waals surface area contributed by atoms with Gasteiger partial charge in [-0.1, -0.05) is 29.3 Å². The van der Waals surface area contributed by atoms with Crippen molar-refractivity contribution in [3.05, 3.63) is 111 Å². The summed E-state index contributed by atoms with van der Waals surface area (Å²) in [5.74, 6) is -0.561. The first-order valence-electron chi connectivity index (χ1n) is 14.7. The van der Waals surface area contributed by atoms with E-state index in [0.29, 0.717) is 40.2 Å². The lowest BCUT2D eigenvalue weighted by Crippen LogP contribution is -2.48. The fourth-order valence-corrected chi connectivity index (χ4v) is 6.10. The van der Waals surface area contributed by atoms with Gasteiger partial charge < -0.3 is 29.0 Å². The van der Waals surface area contributed by atoms with Gasteiger partial charge in [0.1, 0.15) is 18.5 Å². The van der Waals surface area contributed by atoms with Crippen LogP contribution in [-0.4, -0.2) is 77.3 Å². The zero-order chi connectivity index (χ0) is 32.1. The van der Waals surface area contributed by atoms with E-state index in [1.54, 1.807) is 24.7 Å². The second kappa shape index (κ2) is 14.1. The summed E-state index contributed by atoms with van der Waals surface area (Å²) in [6, 6.07) is 19.0. The molecule has 1 N–H and O–H groups in total. The zero-order valence-electron chi connectivity index (χ0n) is 24.8. The third kappa shape index (κ3) is 7.60. The van der Waals surface area contributed by atoms with Gasteiger partial charge in [0.25, 0.3) is 5.69 Å². The number of carbonyl (C=O) groups is 1. The summed E-state index contributed by atoms with van der Waals surface area (Å²) in [4.78, 5) is 31.3. The lowest BCUT2D eigenvalue weighted by molar-refractivity contribution is -0.384. The first-order valence-corrected chi connectivity index (χ1v) is 15.5. The van der Waals surface area contributed by atoms with E-state index in [0.717, 1.165) is 31.9 Å². The number of nitrogens with one attached hydrogen (secondary N) is 1. The molecule has 2 aliphatic heterocycles. The van der Waals surface area contributed by atoms with Crippen molar-refractivity contribution < 1.29 is 23.9 Å². The Morgan fingerprint density at radius 1 is 1.07 bits per heavy atom. The Balaban J connectivity index is 0.980. The number of rotatable bonds is 11. The smallest absolute Gasteiger partial charge is 0.269 e. The number of amides is 1. The lowest BCUT2D eigenvalue weighted by atomic mass is 10.1. The lowest BCUT2D eigenvalue weighted by Gasteiger charge is -2.35. The van der Waals surface area contributed by atoms with Crippen LogP contribution in [0.3, 0.4) is 0 Å². The van der Waals surface area contributed by atoms with E-state index in [1.807, 2.05) is 41.1 Å². The number of halogens is 2. The summed E-state index contributed by atoms with van der Waals surface area (Å²) in [5, 5.41) is 14.6. The molecule has 2 fully saturated rings. The molecule has 1 aromatic heterocycles. The van der Waals surface area contributed by atoms with Gasteiger partial charge in [0.15, 0.2) is 0 Å². The molecule has 2 aliphatic rings. The Hall–Kier alpha value is -4.20. The second-order valence-corrected chi connectivity index (χ2v) is 11.9. The molecule has 0 radical (unpaired) electrons. The third-order valence-electron chi connectivity index (χ3n) is 7.89. The monoisotopic (exact) mass is 666 g/mol. The molecular formula is C32H32Cl2N6O6. The minimum atomic E-state index is -1.12. The third-order valence-corrected chi connectivity index (χ3v) is 8.44. The number of benzene rings is 3. The molecule has 0 bridgehead atoms. The van der Waals surface area contributed by atoms with E-state index < -0.39 is 10.7 Å². The largest absolute Gasteiger partial charge is 0.491 e. The van der Waals surface area contributed by atoms with Crippen molar-refractivity contribution in [2.75, 3.05) is 56.2 Å². The fraction of sp³-hybridized carbons (Fsp3) is 0.312. The first kappa shape index (κ1) is 31.8. The van der Waals surface area contributed by atoms with Crippen LogP contribution in [0, 0.1) is 10.1 Å². The summed E-state index contributed by atoms with van der Waals surface area (Å²) in [7, 11) is 0. The number of imidazole rings is 1. The van der Waals surface area contributed by atoms with Gasteiger partial charge >= 0.3 is 0 Å². The molecule has 6 rings (SSSR count). The van der Waals surface area contributed by atoms with Crippen LogP contribution in [0.25, 0.3) is 0 Å². The Labute approximate surface area is 275 Å². The van der Waals surface area contributed by atoms with E-state index in [4.69, 9.17) is 37.4 Å². The molecule has 0 saturated carbocycles. The topological polar surface area (TPSA) is 124 Å². The zero-order valence-corrected chi connectivity index (χ0v) is 26.3. The molecule has 2 saturated heterocycles. The summed E-state index contributed by atoms with van der Waals surface area (Å²) >= 11 is 12.7. The van der Waals surface area contributed by atoms with Crippen LogP contribution in [0.4, 0.5) is 17.1 Å². The summed E-state index contributed by atoms with van der Waals surface area (Å²) in [6.07, 6.45) is 4.90. The maximum atomic E-state index is 12.5. The van der Waals surface area contributed by atoms with Gasteiger partial charge in [-0.2, -0.15) is 0 Å². The predicted molar refractivity (Wildman–Crippen MR) is 174 cm³/mol. The molecule has 2 unspecified atom stereocenters. The Kier molecular flexibility index (Phi) is 9.71. The number of carbonyl (C=O) groups excluding carboxylic acids is 1. The maximum Gasteiger partial charge on any atom is 0.269 e. The minimum absolute atomic E-state index is 0.0179. The summed E-state index contributed by atoms with van der Waals surface area (Å²) in [6.45, 7) is 4.20. The van der Waals surface area contributed by atoms with E-state index in [-0.39, 0.29) is 30.9 Å². The van der Waals surface area contributed by atoms with Crippen molar-refractivity contribution in [3.8, 4) is 5.75 Å². The molecular weight excluding hydrogens is 635 g/mol. The average Bonchev–Trinajstić information content (AvgIpc) is 3.71. The highest BCUT2D eigenvalue weighted by Crippen LogP contribution is 2.40. The number of nitrogens with zero attached hydrogens (tertiary/aromatic N) is 5. The van der Waals surface area contributed by atoms with Crippen LogP contribution in [0.1, 0.15) is 5.56 Å². The van der Waals surface area contributed by atoms with E-state index in [2.05, 4.69) is 20.1 Å². The first-order chi connectivity index (χ1) is 22.3. The summed E-state index contributed by atoms with van der Waals surface area (Å²) < 4.78 is 20.7. The number of nitro groups is 1. The molecule has 3 aromatic carbocycles. The number of non-ortho nitro benzene ring substituents is 1. The average molecular weight is 668 g/mol. The van der Waals surface area contributed by atoms with Gasteiger partial charge in [-0.3, -0.25) is 19.8 Å². The molecule has 240 valence electrons. The highest BCUT2D eigenvalue weighted by atomic mass is 35.5. The van der Waals surface area contributed by atoms with Crippen molar-refractivity contribution in [1.29, 1.82) is 0 Å². The van der Waals surface area contributed by atoms with Crippen LogP contribution in [0.2, 0.25) is 10.0 Å². The van der Waals surface area contributed by atoms with Crippen LogP contribution in [0.15, 0.2) is 85.5 Å². The van der Waals surface area contributed by atoms with Gasteiger partial charge in [-0.25, -0.2) is 4.98 Å². The number of ether oxygens (including phenoxy) is 3. The van der Waals surface area contributed by atoms with Gasteiger partial charge in [-0.05, 0) is 48.5 Å². The van der Waals surface area contributed by atoms with E-state index in [9.17, 15) is 14.9 Å². The molecule has 12 nitrogen and oxygen atoms in total. The molecule has 0 aliphatic carbocycles. The van der Waals surface area contributed by atoms with Gasteiger partial charge in [0, 0.05) is 72.7 Å². The van der Waals surface area contributed by atoms with Gasteiger partial charge in [0.2, 0.25) is 11.7 Å². The fourth-order valence-electron chi connectivity index (χ4n) is 5.55. The normalized spacial score (nSPS) is 20.0. The number of hydrogen-bond donors (Lipinski definition) is 1. The number of piperazine rings is 1. The SMILES string of the molecule is O=C(CN1CCN(c2ccc(OCC3COC(Cn4ccnc4)(c4ccc(Cl)cc4Cl)O3)cc2)CC1)Nc1ccc([N+](=O)[O-])cc1. The Morgan fingerprint density at radius 2 is 1.83 bits per heavy atom. The van der Waals surface area contributed by atoms with Crippen molar-refractivity contribution >= 4 is 46.2 Å². The number of hydrogen-bond acceptors (Lipinski definition) is 9.